The highest BCUT2D eigenvalue weighted by atomic mass is 16.5. The topological polar surface area (TPSA) is 74.3 Å². The maximum atomic E-state index is 12.7. The van der Waals surface area contributed by atoms with Crippen molar-refractivity contribution in [2.75, 3.05) is 6.61 Å². The summed E-state index contributed by atoms with van der Waals surface area (Å²) in [5.41, 5.74) is 4.52. The number of rotatable bonds is 6. The van der Waals surface area contributed by atoms with Crippen LogP contribution in [0.25, 0.3) is 16.9 Å². The molecule has 0 saturated carbocycles. The van der Waals surface area contributed by atoms with E-state index in [0.717, 1.165) is 22.5 Å². The highest BCUT2D eigenvalue weighted by Gasteiger charge is 2.20. The molecular weight excluding hydrogens is 392 g/mol. The molecule has 156 valence electrons. The molecule has 0 unspecified atom stereocenters. The Morgan fingerprint density at radius 2 is 1.61 bits per heavy atom. The Morgan fingerprint density at radius 1 is 0.935 bits per heavy atom. The van der Waals surface area contributed by atoms with Crippen molar-refractivity contribution in [3.63, 3.8) is 0 Å². The molecule has 0 spiro atoms. The molecule has 4 aromatic rings. The van der Waals surface area contributed by atoms with Crippen molar-refractivity contribution in [2.24, 2.45) is 0 Å². The second-order valence-corrected chi connectivity index (χ2v) is 7.36. The molecule has 0 radical (unpaired) electrons. The first-order chi connectivity index (χ1) is 14.9. The van der Waals surface area contributed by atoms with E-state index in [0.29, 0.717) is 22.7 Å². The van der Waals surface area contributed by atoms with Crippen LogP contribution < -0.4 is 0 Å². The summed E-state index contributed by atoms with van der Waals surface area (Å²) in [6, 6.07) is 20.6. The van der Waals surface area contributed by atoms with Crippen molar-refractivity contribution in [1.29, 1.82) is 0 Å². The molecule has 0 amide bonds. The molecule has 31 heavy (non-hydrogen) atoms. The maximum absolute atomic E-state index is 12.7. The molecule has 0 aliphatic carbocycles. The largest absolute Gasteiger partial charge is 0.454 e. The van der Waals surface area contributed by atoms with Gasteiger partial charge in [0.1, 0.15) is 5.76 Å². The van der Waals surface area contributed by atoms with Gasteiger partial charge in [0.2, 0.25) is 5.78 Å². The van der Waals surface area contributed by atoms with Gasteiger partial charge in [-0.2, -0.15) is 0 Å². The molecule has 0 atom stereocenters. The molecule has 2 heterocycles. The number of Topliss-reactive ketones (excluding diaryl/α,β-unsaturated/α-hetero) is 1. The van der Waals surface area contributed by atoms with Crippen LogP contribution in [0.2, 0.25) is 0 Å². The highest BCUT2D eigenvalue weighted by molar-refractivity contribution is 6.00. The Bertz CT molecular complexity index is 1230. The van der Waals surface area contributed by atoms with Gasteiger partial charge in [-0.05, 0) is 50.1 Å². The van der Waals surface area contributed by atoms with E-state index in [-0.39, 0.29) is 12.4 Å². The third-order valence-electron chi connectivity index (χ3n) is 5.14. The predicted octanol–water partition coefficient (Wildman–Crippen LogP) is 5.10. The van der Waals surface area contributed by atoms with Crippen molar-refractivity contribution in [3.8, 4) is 16.9 Å². The van der Waals surface area contributed by atoms with Gasteiger partial charge >= 0.3 is 5.97 Å². The molecule has 0 bridgehead atoms. The summed E-state index contributed by atoms with van der Waals surface area (Å²) < 4.78 is 12.3. The summed E-state index contributed by atoms with van der Waals surface area (Å²) in [5, 5.41) is 4.01. The van der Waals surface area contributed by atoms with E-state index in [9.17, 15) is 9.59 Å². The van der Waals surface area contributed by atoms with Gasteiger partial charge in [0.15, 0.2) is 12.4 Å². The van der Waals surface area contributed by atoms with Crippen LogP contribution in [0.1, 0.15) is 37.9 Å². The average molecular weight is 414 g/mol. The smallest absolute Gasteiger partial charge is 0.338 e. The molecule has 2 aromatic heterocycles. The zero-order chi connectivity index (χ0) is 22.0. The van der Waals surface area contributed by atoms with Gasteiger partial charge in [-0.3, -0.25) is 9.36 Å². The lowest BCUT2D eigenvalue weighted by Crippen LogP contribution is -2.15. The number of carbonyl (C=O) groups excluding carboxylic acids is 2. The van der Waals surface area contributed by atoms with Gasteiger partial charge in [0.25, 0.3) is 0 Å². The fraction of sp³-hybridized carbons (Fsp3) is 0.160. The number of ketones is 1. The van der Waals surface area contributed by atoms with E-state index in [4.69, 9.17) is 9.26 Å². The zero-order valence-corrected chi connectivity index (χ0v) is 17.6. The summed E-state index contributed by atoms with van der Waals surface area (Å²) in [7, 11) is 0. The molecule has 0 aliphatic heterocycles. The Labute approximate surface area is 180 Å². The third kappa shape index (κ3) is 4.19. The number of aryl methyl sites for hydroxylation is 2. The molecule has 0 saturated heterocycles. The SMILES string of the molecule is Cc1cc(-n2c(C)cc(C(=O)COC(=O)c3ccc(-c4ccccc4)cc3)c2C)no1. The van der Waals surface area contributed by atoms with Crippen molar-refractivity contribution in [2.45, 2.75) is 20.8 Å². The quantitative estimate of drug-likeness (QED) is 0.324. The Morgan fingerprint density at radius 3 is 2.26 bits per heavy atom. The number of benzene rings is 2. The molecule has 6 nitrogen and oxygen atoms in total. The van der Waals surface area contributed by atoms with E-state index in [1.165, 1.54) is 0 Å². The number of ether oxygens (including phenoxy) is 1. The number of nitrogens with zero attached hydrogens (tertiary/aromatic N) is 2. The van der Waals surface area contributed by atoms with E-state index >= 15 is 0 Å². The van der Waals surface area contributed by atoms with Crippen molar-refractivity contribution < 1.29 is 18.8 Å². The Balaban J connectivity index is 1.44. The minimum atomic E-state index is -0.533. The molecule has 0 fully saturated rings. The van der Waals surface area contributed by atoms with Crippen LogP contribution >= 0.6 is 0 Å². The minimum absolute atomic E-state index is 0.270. The number of aromatic nitrogens is 2. The predicted molar refractivity (Wildman–Crippen MR) is 117 cm³/mol. The van der Waals surface area contributed by atoms with E-state index < -0.39 is 5.97 Å². The van der Waals surface area contributed by atoms with E-state index in [1.807, 2.05) is 67.8 Å². The lowest BCUT2D eigenvalue weighted by atomic mass is 10.0. The van der Waals surface area contributed by atoms with Gasteiger partial charge in [-0.25, -0.2) is 4.79 Å². The summed E-state index contributed by atoms with van der Waals surface area (Å²) in [4.78, 5) is 25.1. The van der Waals surface area contributed by atoms with Crippen LogP contribution in [-0.2, 0) is 4.74 Å². The zero-order valence-electron chi connectivity index (χ0n) is 17.6. The summed E-state index contributed by atoms with van der Waals surface area (Å²) in [5.74, 6) is 0.493. The Hall–Kier alpha value is -3.93. The van der Waals surface area contributed by atoms with Crippen LogP contribution in [0.4, 0.5) is 0 Å². The highest BCUT2D eigenvalue weighted by Crippen LogP contribution is 2.22. The number of hydrogen-bond donors (Lipinski definition) is 0. The average Bonchev–Trinajstić information content (AvgIpc) is 3.34. The standard InChI is InChI=1S/C25H22N2O4/c1-16-13-22(18(3)27(16)24-14-17(2)31-26-24)23(28)15-30-25(29)21-11-9-20(10-12-21)19-7-5-4-6-8-19/h4-14H,15H2,1-3H3. The normalized spacial score (nSPS) is 10.8. The monoisotopic (exact) mass is 414 g/mol. The van der Waals surface area contributed by atoms with Crippen LogP contribution in [0, 0.1) is 20.8 Å². The minimum Gasteiger partial charge on any atom is -0.454 e. The summed E-state index contributed by atoms with van der Waals surface area (Å²) in [6.45, 7) is 5.19. The van der Waals surface area contributed by atoms with Crippen LogP contribution in [0.5, 0.6) is 0 Å². The van der Waals surface area contributed by atoms with Crippen molar-refractivity contribution >= 4 is 11.8 Å². The number of esters is 1. The lowest BCUT2D eigenvalue weighted by Gasteiger charge is -2.07. The number of hydrogen-bond acceptors (Lipinski definition) is 5. The first kappa shape index (κ1) is 20.3. The molecule has 0 aliphatic rings. The molecule has 0 N–H and O–H groups in total. The fourth-order valence-corrected chi connectivity index (χ4v) is 3.58. The first-order valence-corrected chi connectivity index (χ1v) is 9.92. The second kappa shape index (κ2) is 8.44. The third-order valence-corrected chi connectivity index (χ3v) is 5.14. The van der Waals surface area contributed by atoms with Gasteiger partial charge in [0, 0.05) is 23.0 Å². The van der Waals surface area contributed by atoms with E-state index in [2.05, 4.69) is 5.16 Å². The molecular formula is C25H22N2O4. The molecule has 4 rings (SSSR count). The van der Waals surface area contributed by atoms with Gasteiger partial charge < -0.3 is 9.26 Å². The van der Waals surface area contributed by atoms with Gasteiger partial charge in [-0.1, -0.05) is 47.6 Å². The maximum Gasteiger partial charge on any atom is 0.338 e. The number of carbonyl (C=O) groups is 2. The fourth-order valence-electron chi connectivity index (χ4n) is 3.58. The van der Waals surface area contributed by atoms with Crippen molar-refractivity contribution in [3.05, 3.63) is 95.0 Å². The van der Waals surface area contributed by atoms with Crippen LogP contribution in [0.15, 0.2) is 71.3 Å². The first-order valence-electron chi connectivity index (χ1n) is 9.92. The Kier molecular flexibility index (Phi) is 5.54. The summed E-state index contributed by atoms with van der Waals surface area (Å²) >= 11 is 0. The van der Waals surface area contributed by atoms with E-state index in [1.54, 1.807) is 24.3 Å². The summed E-state index contributed by atoms with van der Waals surface area (Å²) in [6.07, 6.45) is 0. The van der Waals surface area contributed by atoms with Crippen LogP contribution in [0.3, 0.4) is 0 Å². The van der Waals surface area contributed by atoms with Gasteiger partial charge in [-0.15, -0.1) is 0 Å². The molecule has 6 heteroatoms. The van der Waals surface area contributed by atoms with Crippen LogP contribution in [-0.4, -0.2) is 28.1 Å². The lowest BCUT2D eigenvalue weighted by molar-refractivity contribution is 0.0474. The van der Waals surface area contributed by atoms with Crippen molar-refractivity contribution in [1.82, 2.24) is 9.72 Å². The molecule has 2 aromatic carbocycles. The van der Waals surface area contributed by atoms with Gasteiger partial charge in [0.05, 0.1) is 5.56 Å². The second-order valence-electron chi connectivity index (χ2n) is 7.36.